The number of hydrazone groups is 1. The Bertz CT molecular complexity index is 660. The molecule has 5 nitrogen and oxygen atoms in total. The smallest absolute Gasteiger partial charge is 0.275 e. The van der Waals surface area contributed by atoms with E-state index in [0.29, 0.717) is 8.95 Å². The molecule has 0 saturated heterocycles. The van der Waals surface area contributed by atoms with Gasteiger partial charge in [0, 0.05) is 22.4 Å². The molecule has 0 aliphatic rings. The second kappa shape index (κ2) is 6.62. The van der Waals surface area contributed by atoms with Crippen LogP contribution < -0.4 is 5.43 Å². The molecule has 0 bridgehead atoms. The summed E-state index contributed by atoms with van der Waals surface area (Å²) < 4.78 is 1.09. The summed E-state index contributed by atoms with van der Waals surface area (Å²) in [4.78, 5) is 15.8. The minimum atomic E-state index is -0.510. The zero-order chi connectivity index (χ0) is 14.5. The van der Waals surface area contributed by atoms with E-state index in [-0.39, 0.29) is 11.3 Å². The van der Waals surface area contributed by atoms with Gasteiger partial charge in [0.1, 0.15) is 5.75 Å². The average Bonchev–Trinajstić information content (AvgIpc) is 2.44. The average molecular weight is 399 g/mol. The van der Waals surface area contributed by atoms with Gasteiger partial charge in [0.2, 0.25) is 0 Å². The predicted molar refractivity (Wildman–Crippen MR) is 82.8 cm³/mol. The summed E-state index contributed by atoms with van der Waals surface area (Å²) in [5.41, 5.74) is 3.22. The summed E-state index contributed by atoms with van der Waals surface area (Å²) in [6, 6.07) is 6.72. The van der Waals surface area contributed by atoms with Gasteiger partial charge in [-0.1, -0.05) is 22.0 Å². The number of phenolic OH excluding ortho intramolecular Hbond substituents is 1. The zero-order valence-corrected chi connectivity index (χ0v) is 13.2. The third-order valence-corrected chi connectivity index (χ3v) is 3.40. The van der Waals surface area contributed by atoms with Gasteiger partial charge in [-0.15, -0.1) is 0 Å². The van der Waals surface area contributed by atoms with E-state index >= 15 is 0 Å². The topological polar surface area (TPSA) is 74.6 Å². The van der Waals surface area contributed by atoms with Crippen LogP contribution in [0.1, 0.15) is 15.9 Å². The van der Waals surface area contributed by atoms with Crippen molar-refractivity contribution in [3.8, 4) is 5.75 Å². The van der Waals surface area contributed by atoms with Crippen molar-refractivity contribution in [2.24, 2.45) is 5.10 Å². The lowest BCUT2D eigenvalue weighted by Crippen LogP contribution is -2.17. The number of benzene rings is 1. The molecule has 102 valence electrons. The third kappa shape index (κ3) is 3.64. The minimum absolute atomic E-state index is 0.120. The first-order chi connectivity index (χ1) is 9.58. The number of hydrogen-bond donors (Lipinski definition) is 2. The highest BCUT2D eigenvalue weighted by atomic mass is 79.9. The maximum atomic E-state index is 11.9. The molecule has 0 aliphatic heterocycles. The Morgan fingerprint density at radius 2 is 2.20 bits per heavy atom. The first-order valence-electron chi connectivity index (χ1n) is 5.49. The van der Waals surface area contributed by atoms with Crippen LogP contribution in [0.2, 0.25) is 0 Å². The fourth-order valence-electron chi connectivity index (χ4n) is 1.42. The van der Waals surface area contributed by atoms with Crippen molar-refractivity contribution in [1.29, 1.82) is 0 Å². The fraction of sp³-hybridized carbons (Fsp3) is 0. The Balaban J connectivity index is 2.11. The lowest BCUT2D eigenvalue weighted by molar-refractivity contribution is 0.0952. The molecule has 0 unspecified atom stereocenters. The molecule has 1 amide bonds. The summed E-state index contributed by atoms with van der Waals surface area (Å²) in [6.45, 7) is 0. The normalized spacial score (nSPS) is 10.7. The molecule has 0 fully saturated rings. The number of nitrogens with zero attached hydrogens (tertiary/aromatic N) is 2. The Kier molecular flexibility index (Phi) is 4.86. The van der Waals surface area contributed by atoms with E-state index < -0.39 is 5.91 Å². The number of amides is 1. The van der Waals surface area contributed by atoms with Crippen molar-refractivity contribution in [2.45, 2.75) is 0 Å². The van der Waals surface area contributed by atoms with Gasteiger partial charge in [-0.3, -0.25) is 9.78 Å². The van der Waals surface area contributed by atoms with Crippen LogP contribution in [0, 0.1) is 0 Å². The van der Waals surface area contributed by atoms with Crippen molar-refractivity contribution in [1.82, 2.24) is 10.4 Å². The van der Waals surface area contributed by atoms with Gasteiger partial charge in [-0.2, -0.15) is 5.10 Å². The number of carbonyl (C=O) groups is 1. The van der Waals surface area contributed by atoms with Gasteiger partial charge in [0.05, 0.1) is 16.3 Å². The molecule has 1 aromatic heterocycles. The maximum Gasteiger partial charge on any atom is 0.275 e. The van der Waals surface area contributed by atoms with Gasteiger partial charge in [0.25, 0.3) is 5.91 Å². The lowest BCUT2D eigenvalue weighted by Gasteiger charge is -2.05. The second-order valence-electron chi connectivity index (χ2n) is 3.77. The molecular formula is C13H9Br2N3O2. The van der Waals surface area contributed by atoms with Crippen LogP contribution in [0.25, 0.3) is 0 Å². The summed E-state index contributed by atoms with van der Waals surface area (Å²) in [6.07, 6.45) is 4.73. The minimum Gasteiger partial charge on any atom is -0.506 e. The van der Waals surface area contributed by atoms with Crippen molar-refractivity contribution < 1.29 is 9.90 Å². The van der Waals surface area contributed by atoms with E-state index in [1.165, 1.54) is 12.3 Å². The highest BCUT2D eigenvalue weighted by Crippen LogP contribution is 2.31. The molecule has 2 N–H and O–H groups in total. The Labute approximate surface area is 132 Å². The van der Waals surface area contributed by atoms with E-state index in [1.54, 1.807) is 30.6 Å². The largest absolute Gasteiger partial charge is 0.506 e. The number of hydrogen-bond acceptors (Lipinski definition) is 4. The van der Waals surface area contributed by atoms with Crippen molar-refractivity contribution >= 4 is 44.0 Å². The summed E-state index contributed by atoms with van der Waals surface area (Å²) in [5, 5.41) is 13.6. The predicted octanol–water partition coefficient (Wildman–Crippen LogP) is 3.08. The van der Waals surface area contributed by atoms with Gasteiger partial charge in [0.15, 0.2) is 0 Å². The molecule has 0 saturated carbocycles. The van der Waals surface area contributed by atoms with Gasteiger partial charge >= 0.3 is 0 Å². The molecule has 2 rings (SSSR count). The highest BCUT2D eigenvalue weighted by Gasteiger charge is 2.14. The van der Waals surface area contributed by atoms with Gasteiger partial charge in [-0.05, 0) is 34.1 Å². The number of nitrogens with one attached hydrogen (secondary N) is 1. The first-order valence-corrected chi connectivity index (χ1v) is 7.08. The van der Waals surface area contributed by atoms with Crippen LogP contribution in [-0.2, 0) is 0 Å². The van der Waals surface area contributed by atoms with Crippen LogP contribution >= 0.6 is 31.9 Å². The first kappa shape index (κ1) is 14.7. The number of aromatic hydroxyl groups is 1. The van der Waals surface area contributed by atoms with E-state index in [4.69, 9.17) is 0 Å². The maximum absolute atomic E-state index is 11.9. The summed E-state index contributed by atoms with van der Waals surface area (Å²) in [5.74, 6) is -0.646. The molecule has 0 aliphatic carbocycles. The van der Waals surface area contributed by atoms with E-state index in [2.05, 4.69) is 47.4 Å². The van der Waals surface area contributed by atoms with E-state index in [9.17, 15) is 9.90 Å². The Morgan fingerprint density at radius 1 is 1.40 bits per heavy atom. The molecular weight excluding hydrogens is 390 g/mol. The number of pyridine rings is 1. The Morgan fingerprint density at radius 3 is 2.90 bits per heavy atom. The number of phenols is 1. The SMILES string of the molecule is O=C(NN=Cc1cccnc1)c1cc(Br)cc(Br)c1O. The lowest BCUT2D eigenvalue weighted by atomic mass is 10.2. The Hall–Kier alpha value is -1.73. The standard InChI is InChI=1S/C13H9Br2N3O2/c14-9-4-10(12(19)11(15)5-9)13(20)18-17-7-8-2-1-3-16-6-8/h1-7,19H,(H,18,20). The third-order valence-electron chi connectivity index (χ3n) is 2.34. The second-order valence-corrected chi connectivity index (χ2v) is 5.54. The molecule has 7 heteroatoms. The monoisotopic (exact) mass is 397 g/mol. The van der Waals surface area contributed by atoms with Crippen molar-refractivity contribution in [3.05, 3.63) is 56.7 Å². The molecule has 0 radical (unpaired) electrons. The molecule has 0 atom stereocenters. The van der Waals surface area contributed by atoms with Gasteiger partial charge in [-0.25, -0.2) is 5.43 Å². The summed E-state index contributed by atoms with van der Waals surface area (Å²) >= 11 is 6.42. The van der Waals surface area contributed by atoms with Crippen LogP contribution in [0.3, 0.4) is 0 Å². The number of carbonyl (C=O) groups excluding carboxylic acids is 1. The molecule has 1 heterocycles. The quantitative estimate of drug-likeness (QED) is 0.616. The van der Waals surface area contributed by atoms with Crippen molar-refractivity contribution in [3.63, 3.8) is 0 Å². The number of halogens is 2. The number of rotatable bonds is 3. The van der Waals surface area contributed by atoms with Gasteiger partial charge < -0.3 is 5.11 Å². The van der Waals surface area contributed by atoms with E-state index in [1.807, 2.05) is 0 Å². The van der Waals surface area contributed by atoms with Crippen molar-refractivity contribution in [2.75, 3.05) is 0 Å². The molecule has 2 aromatic rings. The molecule has 20 heavy (non-hydrogen) atoms. The zero-order valence-electron chi connectivity index (χ0n) is 10.0. The fourth-order valence-corrected chi connectivity index (χ4v) is 2.64. The molecule has 1 aromatic carbocycles. The van der Waals surface area contributed by atoms with E-state index in [0.717, 1.165) is 5.56 Å². The van der Waals surface area contributed by atoms with Crippen LogP contribution in [0.5, 0.6) is 5.75 Å². The number of aromatic nitrogens is 1. The summed E-state index contributed by atoms with van der Waals surface area (Å²) in [7, 11) is 0. The van der Waals surface area contributed by atoms with Crippen LogP contribution in [0.4, 0.5) is 0 Å². The van der Waals surface area contributed by atoms with Crippen LogP contribution in [-0.4, -0.2) is 22.2 Å². The highest BCUT2D eigenvalue weighted by molar-refractivity contribution is 9.11. The molecule has 0 spiro atoms. The van der Waals surface area contributed by atoms with Crippen LogP contribution in [0.15, 0.2) is 50.7 Å².